The summed E-state index contributed by atoms with van der Waals surface area (Å²) in [6, 6.07) is -0.523. The lowest BCUT2D eigenvalue weighted by atomic mass is 10.00. The van der Waals surface area contributed by atoms with Crippen molar-refractivity contribution in [2.45, 2.75) is 32.4 Å². The van der Waals surface area contributed by atoms with Gasteiger partial charge in [0.05, 0.1) is 6.54 Å². The summed E-state index contributed by atoms with van der Waals surface area (Å²) >= 11 is 0. The van der Waals surface area contributed by atoms with Crippen LogP contribution in [0.3, 0.4) is 0 Å². The molecule has 7 heteroatoms. The third-order valence-electron chi connectivity index (χ3n) is 2.90. The number of hydrogen-bond acceptors (Lipinski definition) is 3. The number of nitrogens with zero attached hydrogens (tertiary/aromatic N) is 2. The maximum atomic E-state index is 11.6. The summed E-state index contributed by atoms with van der Waals surface area (Å²) in [6.07, 6.45) is 3.70. The lowest BCUT2D eigenvalue weighted by Crippen LogP contribution is -2.54. The molecule has 0 aliphatic heterocycles. The fourth-order valence-electron chi connectivity index (χ4n) is 1.31. The van der Waals surface area contributed by atoms with Gasteiger partial charge in [-0.1, -0.05) is 6.92 Å². The number of nitrogens with one attached hydrogen (secondary N) is 2. The van der Waals surface area contributed by atoms with Gasteiger partial charge in [0.2, 0.25) is 0 Å². The molecule has 0 spiro atoms. The first kappa shape index (κ1) is 14.0. The van der Waals surface area contributed by atoms with Gasteiger partial charge in [-0.25, -0.2) is 14.6 Å². The van der Waals surface area contributed by atoms with Crippen LogP contribution < -0.4 is 10.6 Å². The molecule has 0 saturated carbocycles. The van der Waals surface area contributed by atoms with Gasteiger partial charge < -0.3 is 20.3 Å². The second-order valence-corrected chi connectivity index (χ2v) is 4.25. The Morgan fingerprint density at radius 1 is 1.56 bits per heavy atom. The quantitative estimate of drug-likeness (QED) is 0.711. The van der Waals surface area contributed by atoms with E-state index in [0.29, 0.717) is 12.2 Å². The van der Waals surface area contributed by atoms with Crippen molar-refractivity contribution in [3.05, 3.63) is 18.2 Å². The maximum Gasteiger partial charge on any atom is 0.329 e. The summed E-state index contributed by atoms with van der Waals surface area (Å²) in [5.74, 6) is -0.365. The van der Waals surface area contributed by atoms with Gasteiger partial charge in [-0.2, -0.15) is 0 Å². The molecule has 1 aromatic heterocycles. The van der Waals surface area contributed by atoms with Crippen LogP contribution in [0.25, 0.3) is 0 Å². The molecule has 1 aromatic rings. The van der Waals surface area contributed by atoms with Gasteiger partial charge in [-0.3, -0.25) is 0 Å². The number of aryl methyl sites for hydroxylation is 1. The third kappa shape index (κ3) is 3.22. The van der Waals surface area contributed by atoms with Crippen LogP contribution in [0.15, 0.2) is 12.4 Å². The molecular weight excluding hydrogens is 236 g/mol. The van der Waals surface area contributed by atoms with Gasteiger partial charge in [-0.05, 0) is 13.3 Å². The van der Waals surface area contributed by atoms with Gasteiger partial charge in [0.25, 0.3) is 0 Å². The summed E-state index contributed by atoms with van der Waals surface area (Å²) in [6.45, 7) is 3.41. The molecule has 0 saturated heterocycles. The SMILES string of the molecule is CCC(C)(NC(=O)NCc1nccn1C)C(=O)O. The van der Waals surface area contributed by atoms with E-state index in [1.54, 1.807) is 23.9 Å². The third-order valence-corrected chi connectivity index (χ3v) is 2.90. The van der Waals surface area contributed by atoms with E-state index in [0.717, 1.165) is 0 Å². The number of carbonyl (C=O) groups excluding carboxylic acids is 1. The molecule has 3 N–H and O–H groups in total. The van der Waals surface area contributed by atoms with Crippen molar-refractivity contribution in [2.75, 3.05) is 0 Å². The van der Waals surface area contributed by atoms with E-state index in [2.05, 4.69) is 15.6 Å². The molecule has 0 aliphatic rings. The zero-order chi connectivity index (χ0) is 13.8. The Labute approximate surface area is 105 Å². The highest BCUT2D eigenvalue weighted by Crippen LogP contribution is 2.08. The average Bonchev–Trinajstić information content (AvgIpc) is 2.72. The van der Waals surface area contributed by atoms with Crippen molar-refractivity contribution in [1.29, 1.82) is 0 Å². The summed E-state index contributed by atoms with van der Waals surface area (Å²) in [5, 5.41) is 14.0. The highest BCUT2D eigenvalue weighted by Gasteiger charge is 2.32. The number of rotatable bonds is 5. The summed E-state index contributed by atoms with van der Waals surface area (Å²) in [5.41, 5.74) is -1.26. The first-order valence-corrected chi connectivity index (χ1v) is 5.64. The minimum atomic E-state index is -1.26. The standard InChI is InChI=1S/C11H18N4O3/c1-4-11(2,9(16)17)14-10(18)13-7-8-12-5-6-15(8)3/h5-6H,4,7H2,1-3H3,(H,16,17)(H2,13,14,18). The number of urea groups is 1. The van der Waals surface area contributed by atoms with E-state index in [4.69, 9.17) is 5.11 Å². The predicted molar refractivity (Wildman–Crippen MR) is 64.9 cm³/mol. The molecule has 0 aliphatic carbocycles. The highest BCUT2D eigenvalue weighted by atomic mass is 16.4. The predicted octanol–water partition coefficient (Wildman–Crippen LogP) is 0.473. The molecule has 0 aromatic carbocycles. The minimum Gasteiger partial charge on any atom is -0.480 e. The maximum absolute atomic E-state index is 11.6. The van der Waals surface area contributed by atoms with Crippen LogP contribution in [0.2, 0.25) is 0 Å². The number of carboxylic acid groups (broad SMARTS) is 1. The van der Waals surface area contributed by atoms with Crippen molar-refractivity contribution in [3.63, 3.8) is 0 Å². The first-order chi connectivity index (χ1) is 8.39. The van der Waals surface area contributed by atoms with E-state index >= 15 is 0 Å². The first-order valence-electron chi connectivity index (χ1n) is 5.64. The molecule has 0 fully saturated rings. The Hall–Kier alpha value is -2.05. The average molecular weight is 254 g/mol. The zero-order valence-electron chi connectivity index (χ0n) is 10.7. The van der Waals surface area contributed by atoms with Gasteiger partial charge in [0, 0.05) is 19.4 Å². The van der Waals surface area contributed by atoms with Gasteiger partial charge in [-0.15, -0.1) is 0 Å². The van der Waals surface area contributed by atoms with E-state index in [-0.39, 0.29) is 6.54 Å². The van der Waals surface area contributed by atoms with E-state index in [1.807, 2.05) is 7.05 Å². The number of imidazole rings is 1. The number of carbonyl (C=O) groups is 2. The molecule has 100 valence electrons. The van der Waals surface area contributed by atoms with Gasteiger partial charge in [0.15, 0.2) is 0 Å². The fraction of sp³-hybridized carbons (Fsp3) is 0.545. The molecular formula is C11H18N4O3. The zero-order valence-corrected chi connectivity index (χ0v) is 10.7. The van der Waals surface area contributed by atoms with Crippen LogP contribution in [-0.2, 0) is 18.4 Å². The van der Waals surface area contributed by atoms with Crippen LogP contribution in [0.5, 0.6) is 0 Å². The number of amides is 2. The van der Waals surface area contributed by atoms with Crippen molar-refractivity contribution in [2.24, 2.45) is 7.05 Å². The molecule has 18 heavy (non-hydrogen) atoms. The largest absolute Gasteiger partial charge is 0.480 e. The molecule has 1 rings (SSSR count). The molecule has 0 bridgehead atoms. The van der Waals surface area contributed by atoms with Crippen LogP contribution in [0.4, 0.5) is 4.79 Å². The molecule has 2 amide bonds. The van der Waals surface area contributed by atoms with Gasteiger partial charge >= 0.3 is 12.0 Å². The normalized spacial score (nSPS) is 13.7. The van der Waals surface area contributed by atoms with Crippen LogP contribution in [-0.4, -0.2) is 32.2 Å². The summed E-state index contributed by atoms with van der Waals surface area (Å²) in [7, 11) is 1.81. The monoisotopic (exact) mass is 254 g/mol. The van der Waals surface area contributed by atoms with Crippen molar-refractivity contribution < 1.29 is 14.7 Å². The fourth-order valence-corrected chi connectivity index (χ4v) is 1.31. The Kier molecular flexibility index (Phi) is 4.30. The lowest BCUT2D eigenvalue weighted by Gasteiger charge is -2.24. The minimum absolute atomic E-state index is 0.245. The van der Waals surface area contributed by atoms with E-state index in [9.17, 15) is 9.59 Å². The number of aromatic nitrogens is 2. The van der Waals surface area contributed by atoms with E-state index < -0.39 is 17.5 Å². The van der Waals surface area contributed by atoms with Crippen molar-refractivity contribution in [1.82, 2.24) is 20.2 Å². The molecule has 1 unspecified atom stereocenters. The Morgan fingerprint density at radius 2 is 2.22 bits per heavy atom. The summed E-state index contributed by atoms with van der Waals surface area (Å²) in [4.78, 5) is 26.7. The smallest absolute Gasteiger partial charge is 0.329 e. The highest BCUT2D eigenvalue weighted by molar-refractivity contribution is 5.85. The Bertz CT molecular complexity index is 443. The molecule has 1 atom stereocenters. The topological polar surface area (TPSA) is 96.3 Å². The van der Waals surface area contributed by atoms with Crippen molar-refractivity contribution in [3.8, 4) is 0 Å². The molecule has 0 radical (unpaired) electrons. The van der Waals surface area contributed by atoms with E-state index in [1.165, 1.54) is 6.92 Å². The molecule has 1 heterocycles. The number of hydrogen-bond donors (Lipinski definition) is 3. The number of carboxylic acids is 1. The van der Waals surface area contributed by atoms with Crippen LogP contribution in [0, 0.1) is 0 Å². The van der Waals surface area contributed by atoms with Gasteiger partial charge in [0.1, 0.15) is 11.4 Å². The number of aliphatic carboxylic acids is 1. The van der Waals surface area contributed by atoms with Crippen molar-refractivity contribution >= 4 is 12.0 Å². The second kappa shape index (κ2) is 5.52. The Morgan fingerprint density at radius 3 is 2.67 bits per heavy atom. The van der Waals surface area contributed by atoms with Crippen LogP contribution in [0.1, 0.15) is 26.1 Å². The second-order valence-electron chi connectivity index (χ2n) is 4.25. The Balaban J connectivity index is 2.52. The lowest BCUT2D eigenvalue weighted by molar-refractivity contribution is -0.143. The molecule has 7 nitrogen and oxygen atoms in total. The summed E-state index contributed by atoms with van der Waals surface area (Å²) < 4.78 is 1.77. The van der Waals surface area contributed by atoms with Crippen LogP contribution >= 0.6 is 0 Å².